The number of anilines is 1. The lowest BCUT2D eigenvalue weighted by Crippen LogP contribution is -2.17. The molecular formula is C21H12F4N2O2. The van der Waals surface area contributed by atoms with Gasteiger partial charge in [-0.1, -0.05) is 24.3 Å². The van der Waals surface area contributed by atoms with E-state index < -0.39 is 34.7 Å². The summed E-state index contributed by atoms with van der Waals surface area (Å²) in [5.41, 5.74) is -1.50. The third kappa shape index (κ3) is 4.71. The Morgan fingerprint density at radius 2 is 1.83 bits per heavy atom. The monoisotopic (exact) mass is 400 g/mol. The number of hydrogen-bond donors (Lipinski definition) is 1. The van der Waals surface area contributed by atoms with Crippen LogP contribution in [0.4, 0.5) is 23.2 Å². The number of alkyl halides is 3. The smallest absolute Gasteiger partial charge is 0.418 e. The number of carbonyl (C=O) groups excluding carboxylic acids is 1. The molecule has 0 atom stereocenters. The predicted molar refractivity (Wildman–Crippen MR) is 97.8 cm³/mol. The molecule has 0 saturated carbocycles. The van der Waals surface area contributed by atoms with E-state index in [0.717, 1.165) is 18.2 Å². The lowest BCUT2D eigenvalue weighted by molar-refractivity contribution is -0.137. The third-order valence-corrected chi connectivity index (χ3v) is 3.87. The van der Waals surface area contributed by atoms with E-state index in [2.05, 4.69) is 5.32 Å². The summed E-state index contributed by atoms with van der Waals surface area (Å²) in [5, 5.41) is 11.3. The normalized spacial score (nSPS) is 11.8. The molecule has 1 aromatic heterocycles. The first kappa shape index (κ1) is 19.9. The Labute approximate surface area is 162 Å². The molecule has 0 spiro atoms. The van der Waals surface area contributed by atoms with Crippen molar-refractivity contribution in [2.75, 3.05) is 5.32 Å². The molecular weight excluding hydrogens is 388 g/mol. The molecule has 0 radical (unpaired) electrons. The van der Waals surface area contributed by atoms with Crippen LogP contribution in [0.1, 0.15) is 11.3 Å². The van der Waals surface area contributed by atoms with Gasteiger partial charge in [0, 0.05) is 11.6 Å². The number of nitrogens with zero attached hydrogens (tertiary/aromatic N) is 1. The maximum absolute atomic E-state index is 13.3. The number of furan rings is 1. The van der Waals surface area contributed by atoms with Crippen LogP contribution in [0.3, 0.4) is 0 Å². The minimum atomic E-state index is -4.67. The lowest BCUT2D eigenvalue weighted by atomic mass is 10.1. The van der Waals surface area contributed by atoms with Gasteiger partial charge < -0.3 is 9.73 Å². The number of nitrogens with one attached hydrogen (secondary N) is 1. The van der Waals surface area contributed by atoms with Gasteiger partial charge in [-0.2, -0.15) is 18.4 Å². The zero-order valence-electron chi connectivity index (χ0n) is 14.6. The molecule has 146 valence electrons. The maximum atomic E-state index is 13.3. The van der Waals surface area contributed by atoms with Crippen LogP contribution in [-0.2, 0) is 11.0 Å². The molecule has 29 heavy (non-hydrogen) atoms. The molecule has 2 aromatic carbocycles. The number of benzene rings is 2. The van der Waals surface area contributed by atoms with E-state index >= 15 is 0 Å². The molecule has 0 aliphatic heterocycles. The second-order valence-electron chi connectivity index (χ2n) is 5.88. The summed E-state index contributed by atoms with van der Waals surface area (Å²) in [6, 6.07) is 14.7. The van der Waals surface area contributed by atoms with Gasteiger partial charge in [0.25, 0.3) is 5.91 Å². The van der Waals surface area contributed by atoms with Crippen molar-refractivity contribution in [1.29, 1.82) is 5.26 Å². The highest BCUT2D eigenvalue weighted by atomic mass is 19.4. The number of hydrogen-bond acceptors (Lipinski definition) is 3. The molecule has 8 heteroatoms. The number of carbonyl (C=O) groups is 1. The lowest BCUT2D eigenvalue weighted by Gasteiger charge is -2.13. The number of halogens is 4. The van der Waals surface area contributed by atoms with Crippen LogP contribution in [0.5, 0.6) is 0 Å². The van der Waals surface area contributed by atoms with Crippen LogP contribution in [0.25, 0.3) is 17.4 Å². The standard InChI is InChI=1S/C21H12F4N2O2/c22-15-5-3-4-13(10-15)19-9-8-16(29-19)11-14(12-26)20(28)27-18-7-2-1-6-17(18)21(23,24)25/h1-11H,(H,27,28)/b14-11+. The highest BCUT2D eigenvalue weighted by Gasteiger charge is 2.33. The largest absolute Gasteiger partial charge is 0.457 e. The van der Waals surface area contributed by atoms with Gasteiger partial charge >= 0.3 is 6.18 Å². The fraction of sp³-hybridized carbons (Fsp3) is 0.0476. The number of nitriles is 1. The molecule has 0 saturated heterocycles. The van der Waals surface area contributed by atoms with Gasteiger partial charge in [0.1, 0.15) is 29.0 Å². The number of para-hydroxylation sites is 1. The van der Waals surface area contributed by atoms with Gasteiger partial charge in [0.05, 0.1) is 11.3 Å². The third-order valence-electron chi connectivity index (χ3n) is 3.87. The van der Waals surface area contributed by atoms with Gasteiger partial charge in [0.2, 0.25) is 0 Å². The van der Waals surface area contributed by atoms with E-state index in [1.165, 1.54) is 42.5 Å². The summed E-state index contributed by atoms with van der Waals surface area (Å²) in [6.45, 7) is 0. The predicted octanol–water partition coefficient (Wildman–Crippen LogP) is 5.65. The average Bonchev–Trinajstić information content (AvgIpc) is 3.14. The van der Waals surface area contributed by atoms with Crippen molar-refractivity contribution in [3.8, 4) is 17.4 Å². The van der Waals surface area contributed by atoms with E-state index in [0.29, 0.717) is 11.3 Å². The maximum Gasteiger partial charge on any atom is 0.418 e. The Morgan fingerprint density at radius 3 is 2.52 bits per heavy atom. The SMILES string of the molecule is N#C/C(=C\c1ccc(-c2cccc(F)c2)o1)C(=O)Nc1ccccc1C(F)(F)F. The first-order chi connectivity index (χ1) is 13.8. The zero-order valence-corrected chi connectivity index (χ0v) is 14.6. The summed E-state index contributed by atoms with van der Waals surface area (Å²) in [4.78, 5) is 12.3. The van der Waals surface area contributed by atoms with Crippen molar-refractivity contribution in [2.24, 2.45) is 0 Å². The van der Waals surface area contributed by atoms with Crippen molar-refractivity contribution in [3.05, 3.63) is 83.4 Å². The average molecular weight is 400 g/mol. The molecule has 0 aliphatic rings. The van der Waals surface area contributed by atoms with Crippen molar-refractivity contribution in [1.82, 2.24) is 0 Å². The quantitative estimate of drug-likeness (QED) is 0.350. The molecule has 0 fully saturated rings. The van der Waals surface area contributed by atoms with Crippen LogP contribution in [0.2, 0.25) is 0 Å². The Hall–Kier alpha value is -3.86. The fourth-order valence-corrected chi connectivity index (χ4v) is 2.55. The van der Waals surface area contributed by atoms with E-state index in [1.54, 1.807) is 12.1 Å². The molecule has 4 nitrogen and oxygen atoms in total. The molecule has 1 amide bonds. The van der Waals surface area contributed by atoms with Gasteiger partial charge in [-0.15, -0.1) is 0 Å². The molecule has 0 aliphatic carbocycles. The minimum Gasteiger partial charge on any atom is -0.457 e. The number of rotatable bonds is 4. The summed E-state index contributed by atoms with van der Waals surface area (Å²) in [6.07, 6.45) is -3.57. The van der Waals surface area contributed by atoms with Crippen molar-refractivity contribution in [2.45, 2.75) is 6.18 Å². The van der Waals surface area contributed by atoms with Crippen LogP contribution in [0, 0.1) is 17.1 Å². The van der Waals surface area contributed by atoms with E-state index in [4.69, 9.17) is 4.42 Å². The molecule has 0 unspecified atom stereocenters. The van der Waals surface area contributed by atoms with Crippen molar-refractivity contribution in [3.63, 3.8) is 0 Å². The highest BCUT2D eigenvalue weighted by molar-refractivity contribution is 6.09. The number of amides is 1. The summed E-state index contributed by atoms with van der Waals surface area (Å²) in [7, 11) is 0. The van der Waals surface area contributed by atoms with Crippen LogP contribution >= 0.6 is 0 Å². The summed E-state index contributed by atoms with van der Waals surface area (Å²) in [5.74, 6) is -1.07. The highest BCUT2D eigenvalue weighted by Crippen LogP contribution is 2.34. The van der Waals surface area contributed by atoms with E-state index in [1.807, 2.05) is 0 Å². The molecule has 3 rings (SSSR count). The zero-order chi connectivity index (χ0) is 21.0. The van der Waals surface area contributed by atoms with Crippen molar-refractivity contribution < 1.29 is 26.8 Å². The Morgan fingerprint density at radius 1 is 1.07 bits per heavy atom. The van der Waals surface area contributed by atoms with E-state index in [9.17, 15) is 27.6 Å². The van der Waals surface area contributed by atoms with Gasteiger partial charge in [-0.25, -0.2) is 4.39 Å². The second kappa shape index (κ2) is 8.02. The van der Waals surface area contributed by atoms with Crippen molar-refractivity contribution >= 4 is 17.7 Å². The molecule has 1 N–H and O–H groups in total. The van der Waals surface area contributed by atoms with Crippen LogP contribution in [-0.4, -0.2) is 5.91 Å². The summed E-state index contributed by atoms with van der Waals surface area (Å²) < 4.78 is 58.0. The van der Waals surface area contributed by atoms with Gasteiger partial charge in [-0.05, 0) is 36.4 Å². The topological polar surface area (TPSA) is 66.0 Å². The molecule has 0 bridgehead atoms. The van der Waals surface area contributed by atoms with Gasteiger partial charge in [0.15, 0.2) is 0 Å². The Kier molecular flexibility index (Phi) is 5.50. The van der Waals surface area contributed by atoms with Crippen LogP contribution < -0.4 is 5.32 Å². The fourth-order valence-electron chi connectivity index (χ4n) is 2.55. The first-order valence-corrected chi connectivity index (χ1v) is 8.23. The minimum absolute atomic E-state index is 0.111. The first-order valence-electron chi connectivity index (χ1n) is 8.23. The van der Waals surface area contributed by atoms with Crippen LogP contribution in [0.15, 0.2) is 70.7 Å². The Balaban J connectivity index is 1.85. The Bertz CT molecular complexity index is 1120. The van der Waals surface area contributed by atoms with Gasteiger partial charge in [-0.3, -0.25) is 4.79 Å². The molecule has 1 heterocycles. The van der Waals surface area contributed by atoms with E-state index in [-0.39, 0.29) is 5.76 Å². The molecule has 3 aromatic rings. The summed E-state index contributed by atoms with van der Waals surface area (Å²) >= 11 is 0. The second-order valence-corrected chi connectivity index (χ2v) is 5.88.